The monoisotopic (exact) mass is 615 g/mol. The second-order valence-electron chi connectivity index (χ2n) is 8.87. The number of benzene rings is 2. The van der Waals surface area contributed by atoms with Crippen LogP contribution in [-0.2, 0) is 14.3 Å². The number of nitrogens with one attached hydrogen (secondary N) is 1. The van der Waals surface area contributed by atoms with Gasteiger partial charge in [-0.2, -0.15) is 0 Å². The zero-order chi connectivity index (χ0) is 26.9. The molecule has 218 valence electrons. The molecule has 0 radical (unpaired) electrons. The second kappa shape index (κ2) is 16.6. The Morgan fingerprint density at radius 3 is 2.80 bits per heavy atom. The number of methoxy groups -OCH3 is 1. The lowest BCUT2D eigenvalue weighted by Crippen LogP contribution is -2.39. The number of anilines is 1. The first-order valence-corrected chi connectivity index (χ1v) is 12.8. The molecule has 2 aromatic carbocycles. The van der Waals surface area contributed by atoms with Gasteiger partial charge in [0.05, 0.1) is 23.8 Å². The van der Waals surface area contributed by atoms with Gasteiger partial charge in [0.1, 0.15) is 31.2 Å². The van der Waals surface area contributed by atoms with Crippen molar-refractivity contribution in [2.75, 3.05) is 52.1 Å². The SMILES string of the molecule is COCCN1CCC(=NC(C)=O)CC1c1cc2cncnc2cc1OCCOCNc1ccc(F)c(Cl)c1.Cl.Cl. The highest BCUT2D eigenvalue weighted by atomic mass is 35.5. The Kier molecular flexibility index (Phi) is 14.0. The van der Waals surface area contributed by atoms with E-state index < -0.39 is 5.82 Å². The molecule has 1 amide bonds. The van der Waals surface area contributed by atoms with E-state index in [9.17, 15) is 9.18 Å². The number of halogens is 4. The number of piperidine rings is 1. The molecule has 1 N–H and O–H groups in total. The molecule has 0 aliphatic carbocycles. The highest BCUT2D eigenvalue weighted by Crippen LogP contribution is 2.37. The van der Waals surface area contributed by atoms with Crippen LogP contribution in [0.3, 0.4) is 0 Å². The summed E-state index contributed by atoms with van der Waals surface area (Å²) in [7, 11) is 1.68. The first-order chi connectivity index (χ1) is 18.4. The van der Waals surface area contributed by atoms with Crippen LogP contribution in [0, 0.1) is 5.82 Å². The fourth-order valence-corrected chi connectivity index (χ4v) is 4.61. The number of carbonyl (C=O) groups excluding carboxylic acids is 1. The van der Waals surface area contributed by atoms with Gasteiger partial charge in [-0.25, -0.2) is 19.4 Å². The van der Waals surface area contributed by atoms with Crippen molar-refractivity contribution in [3.63, 3.8) is 0 Å². The van der Waals surface area contributed by atoms with Gasteiger partial charge in [-0.05, 0) is 30.7 Å². The number of nitrogens with zero attached hydrogens (tertiary/aromatic N) is 4. The van der Waals surface area contributed by atoms with Crippen molar-refractivity contribution in [2.24, 2.45) is 4.99 Å². The zero-order valence-electron chi connectivity index (χ0n) is 22.3. The molecule has 2 heterocycles. The number of hydrogen-bond donors (Lipinski definition) is 1. The van der Waals surface area contributed by atoms with Crippen LogP contribution in [0.15, 0.2) is 47.8 Å². The maximum Gasteiger partial charge on any atom is 0.242 e. The van der Waals surface area contributed by atoms with Crippen molar-refractivity contribution in [1.29, 1.82) is 0 Å². The number of likely N-dealkylation sites (tertiary alicyclic amines) is 1. The van der Waals surface area contributed by atoms with E-state index in [-0.39, 0.29) is 48.5 Å². The molecule has 1 aliphatic heterocycles. The predicted molar refractivity (Wildman–Crippen MR) is 159 cm³/mol. The summed E-state index contributed by atoms with van der Waals surface area (Å²) < 4.78 is 30.5. The summed E-state index contributed by atoms with van der Waals surface area (Å²) in [6, 6.07) is 8.30. The molecule has 40 heavy (non-hydrogen) atoms. The molecular formula is C27H33Cl3FN5O4. The van der Waals surface area contributed by atoms with Crippen LogP contribution in [0.25, 0.3) is 10.9 Å². The van der Waals surface area contributed by atoms with Crippen LogP contribution in [-0.4, -0.2) is 73.2 Å². The molecule has 1 fully saturated rings. The van der Waals surface area contributed by atoms with Gasteiger partial charge in [-0.3, -0.25) is 9.69 Å². The fraction of sp³-hybridized carbons (Fsp3) is 0.407. The second-order valence-corrected chi connectivity index (χ2v) is 9.28. The van der Waals surface area contributed by atoms with Crippen LogP contribution in [0.5, 0.6) is 5.75 Å². The van der Waals surface area contributed by atoms with E-state index in [1.54, 1.807) is 19.4 Å². The summed E-state index contributed by atoms with van der Waals surface area (Å²) in [4.78, 5) is 26.8. The van der Waals surface area contributed by atoms with Gasteiger partial charge in [-0.1, -0.05) is 11.6 Å². The number of carbonyl (C=O) groups is 1. The minimum absolute atomic E-state index is 0. The smallest absolute Gasteiger partial charge is 0.242 e. The Bertz CT molecular complexity index is 1300. The summed E-state index contributed by atoms with van der Waals surface area (Å²) in [5, 5.41) is 3.98. The average molecular weight is 617 g/mol. The van der Waals surface area contributed by atoms with Gasteiger partial charge in [0.15, 0.2) is 0 Å². The van der Waals surface area contributed by atoms with Crippen molar-refractivity contribution in [3.8, 4) is 5.75 Å². The fourth-order valence-electron chi connectivity index (χ4n) is 4.43. The summed E-state index contributed by atoms with van der Waals surface area (Å²) in [6.45, 7) is 4.38. The van der Waals surface area contributed by atoms with Crippen molar-refractivity contribution in [1.82, 2.24) is 14.9 Å². The van der Waals surface area contributed by atoms with Gasteiger partial charge < -0.3 is 19.5 Å². The van der Waals surface area contributed by atoms with Crippen molar-refractivity contribution < 1.29 is 23.4 Å². The normalized spacial score (nSPS) is 16.3. The van der Waals surface area contributed by atoms with Gasteiger partial charge in [0, 0.05) is 74.2 Å². The number of hydrogen-bond acceptors (Lipinski definition) is 8. The maximum absolute atomic E-state index is 13.3. The van der Waals surface area contributed by atoms with E-state index in [0.29, 0.717) is 37.7 Å². The number of ether oxygens (including phenoxy) is 3. The van der Waals surface area contributed by atoms with Crippen molar-refractivity contribution >= 4 is 64.6 Å². The van der Waals surface area contributed by atoms with Gasteiger partial charge in [0.25, 0.3) is 0 Å². The van der Waals surface area contributed by atoms with Crippen LogP contribution < -0.4 is 10.1 Å². The average Bonchev–Trinajstić information content (AvgIpc) is 2.91. The Labute approximate surface area is 250 Å². The largest absolute Gasteiger partial charge is 0.491 e. The lowest BCUT2D eigenvalue weighted by molar-refractivity contribution is -0.115. The minimum Gasteiger partial charge on any atom is -0.491 e. The molecule has 1 saturated heterocycles. The molecule has 13 heteroatoms. The van der Waals surface area contributed by atoms with E-state index in [4.69, 9.17) is 25.8 Å². The third-order valence-corrected chi connectivity index (χ3v) is 6.52. The van der Waals surface area contributed by atoms with Crippen molar-refractivity contribution in [2.45, 2.75) is 25.8 Å². The topological polar surface area (TPSA) is 98.2 Å². The Hall–Kier alpha value is -2.60. The van der Waals surface area contributed by atoms with E-state index in [0.717, 1.165) is 41.7 Å². The maximum atomic E-state index is 13.3. The summed E-state index contributed by atoms with van der Waals surface area (Å²) in [5.74, 6) is 0.0251. The van der Waals surface area contributed by atoms with E-state index in [1.807, 2.05) is 12.1 Å². The van der Waals surface area contributed by atoms with Crippen molar-refractivity contribution in [3.05, 3.63) is 59.3 Å². The summed E-state index contributed by atoms with van der Waals surface area (Å²) in [5.41, 5.74) is 3.27. The molecule has 1 atom stereocenters. The molecule has 9 nitrogen and oxygen atoms in total. The van der Waals surface area contributed by atoms with Gasteiger partial charge in [0.2, 0.25) is 5.91 Å². The van der Waals surface area contributed by atoms with Gasteiger partial charge in [-0.15, -0.1) is 24.8 Å². The number of aromatic nitrogens is 2. The molecule has 4 rings (SSSR count). The standard InChI is InChI=1S/C27H31ClFN5O4.2ClH/c1-18(35)33-21-5-6-34(7-8-36-2)26(13-21)22-11-19-15-30-16-31-25(19)14-27(22)38-10-9-37-17-32-20-3-4-24(29)23(28)12-20;;/h3-4,11-12,14-16,26,32H,5-10,13,17H2,1-2H3;2*1H. The highest BCUT2D eigenvalue weighted by molar-refractivity contribution is 6.31. The van der Waals surface area contributed by atoms with Crippen LogP contribution >= 0.6 is 36.4 Å². The molecule has 0 spiro atoms. The first-order valence-electron chi connectivity index (χ1n) is 12.4. The molecular weight excluding hydrogens is 584 g/mol. The van der Waals surface area contributed by atoms with Crippen LogP contribution in [0.4, 0.5) is 10.1 Å². The molecule has 1 aromatic heterocycles. The number of fused-ring (bicyclic) bond motifs is 1. The molecule has 3 aromatic rings. The number of aliphatic imine (C=N–C) groups is 1. The molecule has 1 unspecified atom stereocenters. The lowest BCUT2D eigenvalue weighted by atomic mass is 9.92. The highest BCUT2D eigenvalue weighted by Gasteiger charge is 2.30. The number of amides is 1. The Morgan fingerprint density at radius 2 is 2.05 bits per heavy atom. The van der Waals surface area contributed by atoms with E-state index in [2.05, 4.69) is 25.2 Å². The lowest BCUT2D eigenvalue weighted by Gasteiger charge is -2.37. The van der Waals surface area contributed by atoms with Crippen LogP contribution in [0.2, 0.25) is 5.02 Å². The third kappa shape index (κ3) is 9.22. The number of rotatable bonds is 11. The third-order valence-electron chi connectivity index (χ3n) is 6.23. The Balaban J connectivity index is 0.00000280. The molecule has 1 aliphatic rings. The summed E-state index contributed by atoms with van der Waals surface area (Å²) >= 11 is 5.82. The van der Waals surface area contributed by atoms with E-state index >= 15 is 0 Å². The molecule has 0 saturated carbocycles. The molecule has 0 bridgehead atoms. The zero-order valence-corrected chi connectivity index (χ0v) is 24.7. The Morgan fingerprint density at radius 1 is 1.23 bits per heavy atom. The summed E-state index contributed by atoms with van der Waals surface area (Å²) in [6.07, 6.45) is 4.62. The minimum atomic E-state index is -0.471. The van der Waals surface area contributed by atoms with E-state index in [1.165, 1.54) is 25.4 Å². The predicted octanol–water partition coefficient (Wildman–Crippen LogP) is 5.50. The first kappa shape index (κ1) is 33.6. The van der Waals surface area contributed by atoms with Crippen LogP contribution in [0.1, 0.15) is 31.4 Å². The van der Waals surface area contributed by atoms with Gasteiger partial charge >= 0.3 is 0 Å². The quantitative estimate of drug-likeness (QED) is 0.223.